The van der Waals surface area contributed by atoms with Gasteiger partial charge in [0.25, 0.3) is 5.91 Å². The molecule has 108 valence electrons. The highest BCUT2D eigenvalue weighted by Crippen LogP contribution is 2.28. The molecule has 3 rings (SSSR count). The fourth-order valence-corrected chi connectivity index (χ4v) is 2.03. The first kappa shape index (κ1) is 13.3. The number of anilines is 1. The normalized spacial score (nSPS) is 20.8. The van der Waals surface area contributed by atoms with Gasteiger partial charge < -0.3 is 14.7 Å². The number of nitrogens with zero attached hydrogens (tertiary/aromatic N) is 2. The summed E-state index contributed by atoms with van der Waals surface area (Å²) in [6.45, 7) is 1.58. The smallest absolute Gasteiger partial charge is 0.272 e. The summed E-state index contributed by atoms with van der Waals surface area (Å²) in [6, 6.07) is 7.73. The average molecular weight is 289 g/mol. The van der Waals surface area contributed by atoms with Gasteiger partial charge >= 0.3 is 0 Å². The monoisotopic (exact) mass is 289 g/mol. The Morgan fingerprint density at radius 3 is 2.90 bits per heavy atom. The molecule has 1 aliphatic heterocycles. The van der Waals surface area contributed by atoms with Gasteiger partial charge in [-0.25, -0.2) is 4.39 Å². The predicted octanol–water partition coefficient (Wildman–Crippen LogP) is 2.34. The molecule has 1 aromatic carbocycles. The van der Waals surface area contributed by atoms with Gasteiger partial charge in [0.15, 0.2) is 5.82 Å². The van der Waals surface area contributed by atoms with Crippen molar-refractivity contribution < 1.29 is 18.5 Å². The molecule has 2 aromatic rings. The van der Waals surface area contributed by atoms with Gasteiger partial charge in [0.05, 0.1) is 5.71 Å². The Bertz CT molecular complexity index is 699. The second-order valence-corrected chi connectivity index (χ2v) is 4.86. The Hall–Kier alpha value is -2.70. The van der Waals surface area contributed by atoms with Gasteiger partial charge in [-0.2, -0.15) is 0 Å². The van der Waals surface area contributed by atoms with E-state index in [9.17, 15) is 9.18 Å². The lowest BCUT2D eigenvalue weighted by Crippen LogP contribution is -2.40. The number of halogens is 1. The summed E-state index contributed by atoms with van der Waals surface area (Å²) in [4.78, 5) is 17.4. The molecule has 21 heavy (non-hydrogen) atoms. The van der Waals surface area contributed by atoms with E-state index in [-0.39, 0.29) is 12.2 Å². The van der Waals surface area contributed by atoms with Gasteiger partial charge in [0.1, 0.15) is 12.1 Å². The molecule has 1 N–H and O–H groups in total. The van der Waals surface area contributed by atoms with Gasteiger partial charge in [-0.15, -0.1) is 0 Å². The van der Waals surface area contributed by atoms with Crippen LogP contribution in [0.5, 0.6) is 0 Å². The molecule has 0 fully saturated rings. The topological polar surface area (TPSA) is 76.7 Å². The van der Waals surface area contributed by atoms with E-state index in [0.717, 1.165) is 0 Å². The highest BCUT2D eigenvalue weighted by atomic mass is 19.1. The van der Waals surface area contributed by atoms with Crippen molar-refractivity contribution in [3.63, 3.8) is 0 Å². The molecule has 2 heterocycles. The number of nitrogens with one attached hydrogen (secondary N) is 1. The molecule has 7 heteroatoms. The summed E-state index contributed by atoms with van der Waals surface area (Å²) in [7, 11) is 0. The van der Waals surface area contributed by atoms with Crippen LogP contribution in [0, 0.1) is 5.82 Å². The Balaban J connectivity index is 1.75. The van der Waals surface area contributed by atoms with Gasteiger partial charge in [-0.05, 0) is 13.0 Å². The summed E-state index contributed by atoms with van der Waals surface area (Å²) < 4.78 is 18.4. The third kappa shape index (κ3) is 2.49. The minimum Gasteiger partial charge on any atom is -0.379 e. The number of rotatable bonds is 3. The van der Waals surface area contributed by atoms with E-state index < -0.39 is 17.3 Å². The minimum atomic E-state index is -1.21. The van der Waals surface area contributed by atoms with Crippen molar-refractivity contribution in [1.82, 2.24) is 5.16 Å². The maximum atomic E-state index is 13.7. The first-order chi connectivity index (χ1) is 10.1. The zero-order valence-corrected chi connectivity index (χ0v) is 11.2. The molecule has 1 atom stereocenters. The molecular formula is C14H12FN3O3. The zero-order valence-electron chi connectivity index (χ0n) is 11.2. The number of hydrogen-bond acceptors (Lipinski definition) is 5. The van der Waals surface area contributed by atoms with Crippen LogP contribution in [-0.4, -0.2) is 22.4 Å². The first-order valence-corrected chi connectivity index (χ1v) is 6.30. The lowest BCUT2D eigenvalue weighted by molar-refractivity contribution is -0.136. The number of aromatic nitrogens is 1. The zero-order chi connectivity index (χ0) is 14.9. The number of oxime groups is 1. The molecule has 1 aliphatic rings. The van der Waals surface area contributed by atoms with Crippen LogP contribution in [0.3, 0.4) is 0 Å². The Labute approximate surface area is 119 Å². The molecule has 0 spiro atoms. The molecule has 0 aliphatic carbocycles. The van der Waals surface area contributed by atoms with Crippen LogP contribution in [0.4, 0.5) is 10.2 Å². The van der Waals surface area contributed by atoms with Crippen molar-refractivity contribution in [1.29, 1.82) is 0 Å². The van der Waals surface area contributed by atoms with E-state index in [1.165, 1.54) is 18.4 Å². The molecule has 1 aromatic heterocycles. The van der Waals surface area contributed by atoms with Gasteiger partial charge in [-0.3, -0.25) is 4.79 Å². The SMILES string of the molecule is C[C@]1(C(=O)Nc2ccon2)CC(c2ccccc2F)=NO1. The molecule has 0 bridgehead atoms. The Kier molecular flexibility index (Phi) is 3.17. The summed E-state index contributed by atoms with van der Waals surface area (Å²) in [5.74, 6) is -0.545. The van der Waals surface area contributed by atoms with E-state index in [0.29, 0.717) is 11.3 Å². The summed E-state index contributed by atoms with van der Waals surface area (Å²) in [6.07, 6.45) is 1.51. The van der Waals surface area contributed by atoms with Crippen molar-refractivity contribution in [3.05, 3.63) is 48.0 Å². The van der Waals surface area contributed by atoms with Crippen LogP contribution in [0.25, 0.3) is 0 Å². The van der Waals surface area contributed by atoms with Crippen molar-refractivity contribution >= 4 is 17.4 Å². The van der Waals surface area contributed by atoms with Crippen LogP contribution in [-0.2, 0) is 9.63 Å². The second-order valence-electron chi connectivity index (χ2n) is 4.86. The summed E-state index contributed by atoms with van der Waals surface area (Å²) in [5, 5.41) is 9.99. The lowest BCUT2D eigenvalue weighted by atomic mass is 9.95. The Morgan fingerprint density at radius 2 is 2.19 bits per heavy atom. The van der Waals surface area contributed by atoms with E-state index >= 15 is 0 Å². The average Bonchev–Trinajstić information content (AvgIpc) is 3.10. The first-order valence-electron chi connectivity index (χ1n) is 6.30. The summed E-state index contributed by atoms with van der Waals surface area (Å²) in [5.41, 5.74) is -0.488. The number of carbonyl (C=O) groups excluding carboxylic acids is 1. The molecule has 0 radical (unpaired) electrons. The van der Waals surface area contributed by atoms with Crippen LogP contribution in [0.15, 0.2) is 46.3 Å². The number of amides is 1. The van der Waals surface area contributed by atoms with Crippen LogP contribution >= 0.6 is 0 Å². The van der Waals surface area contributed by atoms with Crippen molar-refractivity contribution in [2.75, 3.05) is 5.32 Å². The maximum absolute atomic E-state index is 13.7. The van der Waals surface area contributed by atoms with Crippen LogP contribution in [0.2, 0.25) is 0 Å². The molecular weight excluding hydrogens is 277 g/mol. The highest BCUT2D eigenvalue weighted by molar-refractivity contribution is 6.07. The highest BCUT2D eigenvalue weighted by Gasteiger charge is 2.43. The van der Waals surface area contributed by atoms with E-state index in [1.807, 2.05) is 0 Å². The quantitative estimate of drug-likeness (QED) is 0.940. The van der Waals surface area contributed by atoms with Crippen LogP contribution < -0.4 is 5.32 Å². The minimum absolute atomic E-state index is 0.164. The molecule has 0 unspecified atom stereocenters. The van der Waals surface area contributed by atoms with Crippen molar-refractivity contribution in [2.45, 2.75) is 18.9 Å². The molecule has 0 saturated carbocycles. The van der Waals surface area contributed by atoms with Gasteiger partial charge in [-0.1, -0.05) is 28.5 Å². The summed E-state index contributed by atoms with van der Waals surface area (Å²) >= 11 is 0. The van der Waals surface area contributed by atoms with E-state index in [2.05, 4.69) is 20.2 Å². The van der Waals surface area contributed by atoms with E-state index in [1.54, 1.807) is 25.1 Å². The van der Waals surface area contributed by atoms with Crippen molar-refractivity contribution in [2.24, 2.45) is 5.16 Å². The van der Waals surface area contributed by atoms with Gasteiger partial charge in [0.2, 0.25) is 5.60 Å². The number of benzene rings is 1. The van der Waals surface area contributed by atoms with Crippen LogP contribution in [0.1, 0.15) is 18.9 Å². The fraction of sp³-hybridized carbons (Fsp3) is 0.214. The van der Waals surface area contributed by atoms with Gasteiger partial charge in [0, 0.05) is 18.1 Å². The maximum Gasteiger partial charge on any atom is 0.272 e. The largest absolute Gasteiger partial charge is 0.379 e. The standard InChI is InChI=1S/C14H12FN3O3/c1-14(13(19)16-12-6-7-20-18-12)8-11(17-21-14)9-4-2-3-5-10(9)15/h2-7H,8H2,1H3,(H,16,18,19)/t14-/m1/s1. The Morgan fingerprint density at radius 1 is 1.38 bits per heavy atom. The third-order valence-electron chi connectivity index (χ3n) is 3.21. The third-order valence-corrected chi connectivity index (χ3v) is 3.21. The lowest BCUT2D eigenvalue weighted by Gasteiger charge is -2.19. The predicted molar refractivity (Wildman–Crippen MR) is 72.2 cm³/mol. The van der Waals surface area contributed by atoms with Crippen molar-refractivity contribution in [3.8, 4) is 0 Å². The molecule has 0 saturated heterocycles. The molecule has 6 nitrogen and oxygen atoms in total. The van der Waals surface area contributed by atoms with E-state index in [4.69, 9.17) is 4.84 Å². The molecule has 1 amide bonds. The fourth-order valence-electron chi connectivity index (χ4n) is 2.03. The second kappa shape index (κ2) is 5.01. The number of carbonyl (C=O) groups is 1. The number of hydrogen-bond donors (Lipinski definition) is 1.